The van der Waals surface area contributed by atoms with Crippen molar-refractivity contribution in [1.29, 1.82) is 0 Å². The van der Waals surface area contributed by atoms with E-state index < -0.39 is 16.1 Å². The highest BCUT2D eigenvalue weighted by atomic mass is 32.2. The predicted molar refractivity (Wildman–Crippen MR) is 74.6 cm³/mol. The number of sulfonamides is 1. The molecule has 2 atom stereocenters. The maximum Gasteiger partial charge on any atom is 0.240 e. The molecule has 1 fully saturated rings. The van der Waals surface area contributed by atoms with Crippen LogP contribution in [0.5, 0.6) is 0 Å². The number of aromatic amines is 1. The van der Waals surface area contributed by atoms with Crippen molar-refractivity contribution in [2.45, 2.75) is 30.3 Å². The van der Waals surface area contributed by atoms with E-state index in [4.69, 9.17) is 0 Å². The van der Waals surface area contributed by atoms with E-state index >= 15 is 0 Å². The molecule has 1 saturated carbocycles. The van der Waals surface area contributed by atoms with Crippen LogP contribution in [0.15, 0.2) is 29.3 Å². The van der Waals surface area contributed by atoms with Crippen LogP contribution in [0.25, 0.3) is 10.9 Å². The lowest BCUT2D eigenvalue weighted by Crippen LogP contribution is -2.32. The van der Waals surface area contributed by atoms with Gasteiger partial charge in [0, 0.05) is 11.9 Å². The monoisotopic (exact) mass is 295 g/mol. The van der Waals surface area contributed by atoms with E-state index in [9.17, 15) is 13.5 Å². The average molecular weight is 295 g/mol. The molecule has 1 aromatic heterocycles. The summed E-state index contributed by atoms with van der Waals surface area (Å²) in [6.45, 7) is 0.282. The Morgan fingerprint density at radius 2 is 2.25 bits per heavy atom. The summed E-state index contributed by atoms with van der Waals surface area (Å²) in [6, 6.07) is 4.85. The molecule has 3 N–H and O–H groups in total. The Labute approximate surface area is 117 Å². The molecule has 20 heavy (non-hydrogen) atoms. The predicted octanol–water partition coefficient (Wildman–Crippen LogP) is 1.00. The third-order valence-electron chi connectivity index (χ3n) is 3.88. The second-order valence-corrected chi connectivity index (χ2v) is 7.00. The summed E-state index contributed by atoms with van der Waals surface area (Å²) in [5, 5.41) is 17.2. The summed E-state index contributed by atoms with van der Waals surface area (Å²) in [4.78, 5) is 0.210. The summed E-state index contributed by atoms with van der Waals surface area (Å²) in [7, 11) is -3.55. The molecule has 2 unspecified atom stereocenters. The highest BCUT2D eigenvalue weighted by Gasteiger charge is 2.26. The molecule has 0 amide bonds. The number of rotatable bonds is 4. The van der Waals surface area contributed by atoms with Crippen molar-refractivity contribution in [1.82, 2.24) is 14.9 Å². The number of hydrogen-bond donors (Lipinski definition) is 3. The topological polar surface area (TPSA) is 95.1 Å². The second-order valence-electron chi connectivity index (χ2n) is 5.23. The van der Waals surface area contributed by atoms with Gasteiger partial charge in [0.1, 0.15) is 0 Å². The molecule has 0 radical (unpaired) electrons. The first-order chi connectivity index (χ1) is 9.56. The van der Waals surface area contributed by atoms with Crippen molar-refractivity contribution < 1.29 is 13.5 Å². The Hall–Kier alpha value is -1.44. The lowest BCUT2D eigenvalue weighted by Gasteiger charge is -2.15. The molecule has 0 spiro atoms. The summed E-state index contributed by atoms with van der Waals surface area (Å²) >= 11 is 0. The lowest BCUT2D eigenvalue weighted by molar-refractivity contribution is 0.134. The van der Waals surface area contributed by atoms with E-state index in [0.29, 0.717) is 5.52 Å². The Bertz CT molecular complexity index is 710. The molecular weight excluding hydrogens is 278 g/mol. The van der Waals surface area contributed by atoms with E-state index in [1.54, 1.807) is 24.4 Å². The second kappa shape index (κ2) is 5.16. The molecule has 3 rings (SSSR count). The van der Waals surface area contributed by atoms with Crippen LogP contribution >= 0.6 is 0 Å². The van der Waals surface area contributed by atoms with Crippen LogP contribution < -0.4 is 4.72 Å². The van der Waals surface area contributed by atoms with Gasteiger partial charge >= 0.3 is 0 Å². The minimum Gasteiger partial charge on any atom is -0.393 e. The third kappa shape index (κ3) is 2.56. The van der Waals surface area contributed by atoms with Crippen molar-refractivity contribution in [2.75, 3.05) is 6.54 Å². The Morgan fingerprint density at radius 3 is 3.00 bits per heavy atom. The summed E-state index contributed by atoms with van der Waals surface area (Å²) in [5.41, 5.74) is 0.689. The molecular formula is C13H17N3O3S. The maximum atomic E-state index is 12.2. The van der Waals surface area contributed by atoms with Crippen molar-refractivity contribution >= 4 is 20.9 Å². The first-order valence-electron chi connectivity index (χ1n) is 6.67. The van der Waals surface area contributed by atoms with Crippen molar-refractivity contribution in [3.05, 3.63) is 24.4 Å². The standard InChI is InChI=1S/C13H17N3O3S/c17-13-3-1-2-10(13)8-15-20(18,19)11-5-4-9-7-14-16-12(9)6-11/h4-7,10,13,15,17H,1-3,8H2,(H,14,16). The van der Waals surface area contributed by atoms with Gasteiger partial charge in [-0.25, -0.2) is 13.1 Å². The molecule has 7 heteroatoms. The highest BCUT2D eigenvalue weighted by molar-refractivity contribution is 7.89. The Kier molecular flexibility index (Phi) is 3.49. The van der Waals surface area contributed by atoms with Gasteiger partial charge in [-0.05, 0) is 37.0 Å². The fraction of sp³-hybridized carbons (Fsp3) is 0.462. The zero-order valence-electron chi connectivity index (χ0n) is 10.9. The molecule has 1 heterocycles. The molecule has 108 valence electrons. The molecule has 2 aromatic rings. The van der Waals surface area contributed by atoms with E-state index in [1.165, 1.54) is 0 Å². The van der Waals surface area contributed by atoms with Crippen LogP contribution in [0.1, 0.15) is 19.3 Å². The minimum atomic E-state index is -3.55. The number of aromatic nitrogens is 2. The summed E-state index contributed by atoms with van der Waals surface area (Å²) in [5.74, 6) is 0.0145. The van der Waals surface area contributed by atoms with Gasteiger partial charge in [0.25, 0.3) is 0 Å². The molecule has 0 bridgehead atoms. The Morgan fingerprint density at radius 1 is 1.40 bits per heavy atom. The lowest BCUT2D eigenvalue weighted by atomic mass is 10.1. The molecule has 0 saturated heterocycles. The molecule has 0 aliphatic heterocycles. The number of aliphatic hydroxyl groups excluding tert-OH is 1. The van der Waals surface area contributed by atoms with Crippen molar-refractivity contribution in [2.24, 2.45) is 5.92 Å². The molecule has 1 aromatic carbocycles. The van der Waals surface area contributed by atoms with Gasteiger partial charge in [-0.1, -0.05) is 6.42 Å². The number of benzene rings is 1. The first-order valence-corrected chi connectivity index (χ1v) is 8.15. The smallest absolute Gasteiger partial charge is 0.240 e. The van der Waals surface area contributed by atoms with E-state index in [2.05, 4.69) is 14.9 Å². The van der Waals surface area contributed by atoms with E-state index in [-0.39, 0.29) is 17.4 Å². The number of aliphatic hydroxyl groups is 1. The largest absolute Gasteiger partial charge is 0.393 e. The van der Waals surface area contributed by atoms with Gasteiger partial charge in [-0.2, -0.15) is 5.10 Å². The maximum absolute atomic E-state index is 12.2. The minimum absolute atomic E-state index is 0.0145. The third-order valence-corrected chi connectivity index (χ3v) is 5.30. The van der Waals surface area contributed by atoms with E-state index in [1.807, 2.05) is 0 Å². The van der Waals surface area contributed by atoms with Crippen molar-refractivity contribution in [3.63, 3.8) is 0 Å². The van der Waals surface area contributed by atoms with Gasteiger partial charge in [0.15, 0.2) is 0 Å². The quantitative estimate of drug-likeness (QED) is 0.784. The van der Waals surface area contributed by atoms with Crippen LogP contribution in [0.3, 0.4) is 0 Å². The first kappa shape index (κ1) is 13.5. The molecule has 6 nitrogen and oxygen atoms in total. The summed E-state index contributed by atoms with van der Waals surface area (Å²) in [6.07, 6.45) is 3.82. The van der Waals surface area contributed by atoms with Crippen LogP contribution in [0.2, 0.25) is 0 Å². The van der Waals surface area contributed by atoms with Gasteiger partial charge < -0.3 is 5.11 Å². The zero-order valence-corrected chi connectivity index (χ0v) is 11.7. The van der Waals surface area contributed by atoms with E-state index in [0.717, 1.165) is 24.6 Å². The SMILES string of the molecule is O=S(=O)(NCC1CCCC1O)c1ccc2cn[nH]c2c1. The highest BCUT2D eigenvalue weighted by Crippen LogP contribution is 2.25. The Balaban J connectivity index is 1.76. The van der Waals surface area contributed by atoms with Gasteiger partial charge in [-0.3, -0.25) is 5.10 Å². The average Bonchev–Trinajstić information content (AvgIpc) is 3.04. The molecule has 1 aliphatic carbocycles. The van der Waals surface area contributed by atoms with Crippen LogP contribution in [-0.2, 0) is 10.0 Å². The number of fused-ring (bicyclic) bond motifs is 1. The summed E-state index contributed by atoms with van der Waals surface area (Å²) < 4.78 is 27.1. The fourth-order valence-corrected chi connectivity index (χ4v) is 3.76. The number of nitrogens with zero attached hydrogens (tertiary/aromatic N) is 1. The van der Waals surface area contributed by atoms with Crippen LogP contribution in [0.4, 0.5) is 0 Å². The van der Waals surface area contributed by atoms with Gasteiger partial charge in [0.05, 0.1) is 22.7 Å². The van der Waals surface area contributed by atoms with Crippen LogP contribution in [0, 0.1) is 5.92 Å². The molecule has 1 aliphatic rings. The van der Waals surface area contributed by atoms with Gasteiger partial charge in [0.2, 0.25) is 10.0 Å². The van der Waals surface area contributed by atoms with Gasteiger partial charge in [-0.15, -0.1) is 0 Å². The number of H-pyrrole nitrogens is 1. The number of nitrogens with one attached hydrogen (secondary N) is 2. The number of hydrogen-bond acceptors (Lipinski definition) is 4. The fourth-order valence-electron chi connectivity index (χ4n) is 2.64. The van der Waals surface area contributed by atoms with Crippen LogP contribution in [-0.4, -0.2) is 36.4 Å². The van der Waals surface area contributed by atoms with Crippen molar-refractivity contribution in [3.8, 4) is 0 Å². The normalized spacial score (nSPS) is 23.4. The zero-order chi connectivity index (χ0) is 14.2.